The van der Waals surface area contributed by atoms with Crippen LogP contribution in [0, 0.1) is 0 Å². The van der Waals surface area contributed by atoms with Gasteiger partial charge >= 0.3 is 0 Å². The lowest BCUT2D eigenvalue weighted by Crippen LogP contribution is -2.36. The van der Waals surface area contributed by atoms with E-state index in [4.69, 9.17) is 0 Å². The highest BCUT2D eigenvalue weighted by Crippen LogP contribution is 2.32. The van der Waals surface area contributed by atoms with E-state index >= 15 is 0 Å². The number of rotatable bonds is 5. The predicted octanol–water partition coefficient (Wildman–Crippen LogP) is 5.80. The number of nitrogens with zero attached hydrogens (tertiary/aromatic N) is 3. The average molecular weight is 452 g/mol. The van der Waals surface area contributed by atoms with Crippen molar-refractivity contribution in [2.45, 2.75) is 19.3 Å². The molecule has 4 heteroatoms. The summed E-state index contributed by atoms with van der Waals surface area (Å²) in [6.07, 6.45) is 5.37. The lowest BCUT2D eigenvalue weighted by atomic mass is 10.0. The van der Waals surface area contributed by atoms with Crippen LogP contribution in [0.1, 0.15) is 40.7 Å². The Morgan fingerprint density at radius 3 is 2.44 bits per heavy atom. The van der Waals surface area contributed by atoms with E-state index in [1.54, 1.807) is 0 Å². The van der Waals surface area contributed by atoms with Crippen molar-refractivity contribution in [3.8, 4) is 0 Å². The molecule has 0 spiro atoms. The molecule has 1 amide bonds. The van der Waals surface area contributed by atoms with Crippen molar-refractivity contribution in [2.24, 2.45) is 0 Å². The van der Waals surface area contributed by atoms with Crippen molar-refractivity contribution in [1.82, 2.24) is 9.80 Å². The van der Waals surface area contributed by atoms with Crippen molar-refractivity contribution in [3.05, 3.63) is 102 Å². The zero-order valence-corrected chi connectivity index (χ0v) is 19.9. The van der Waals surface area contributed by atoms with Gasteiger partial charge in [-0.15, -0.1) is 0 Å². The van der Waals surface area contributed by atoms with E-state index in [1.807, 2.05) is 17.0 Å². The minimum atomic E-state index is 0.142. The van der Waals surface area contributed by atoms with Crippen molar-refractivity contribution in [1.29, 1.82) is 0 Å². The van der Waals surface area contributed by atoms with Gasteiger partial charge in [0.05, 0.1) is 0 Å². The molecule has 0 aliphatic carbocycles. The fourth-order valence-corrected chi connectivity index (χ4v) is 5.10. The maximum atomic E-state index is 13.3. The summed E-state index contributed by atoms with van der Waals surface area (Å²) in [6, 6.07) is 27.3. The van der Waals surface area contributed by atoms with E-state index in [9.17, 15) is 4.79 Å². The summed E-state index contributed by atoms with van der Waals surface area (Å²) in [7, 11) is 0. The fraction of sp³-hybridized carbons (Fsp3) is 0.300. The Bertz CT molecular complexity index is 1140. The molecule has 4 nitrogen and oxygen atoms in total. The van der Waals surface area contributed by atoms with E-state index in [-0.39, 0.29) is 5.91 Å². The van der Waals surface area contributed by atoms with Crippen LogP contribution in [-0.4, -0.2) is 55.0 Å². The van der Waals surface area contributed by atoms with Crippen LogP contribution in [0.4, 0.5) is 11.4 Å². The molecule has 0 saturated carbocycles. The molecule has 1 atom stereocenters. The monoisotopic (exact) mass is 451 g/mol. The van der Waals surface area contributed by atoms with Gasteiger partial charge in [0.1, 0.15) is 0 Å². The number of benzene rings is 3. The summed E-state index contributed by atoms with van der Waals surface area (Å²) in [6.45, 7) is 7.74. The van der Waals surface area contributed by atoms with Crippen molar-refractivity contribution >= 4 is 23.4 Å². The maximum absolute atomic E-state index is 13.3. The molecule has 5 rings (SSSR count). The molecule has 0 N–H and O–H groups in total. The van der Waals surface area contributed by atoms with Gasteiger partial charge in [0.2, 0.25) is 0 Å². The quantitative estimate of drug-likeness (QED) is 0.490. The summed E-state index contributed by atoms with van der Waals surface area (Å²) < 4.78 is 0. The normalized spacial score (nSPS) is 17.2. The first-order chi connectivity index (χ1) is 16.7. The number of hydrogen-bond donors (Lipinski definition) is 0. The second-order valence-electron chi connectivity index (χ2n) is 9.38. The first-order valence-electron chi connectivity index (χ1n) is 12.4. The van der Waals surface area contributed by atoms with Crippen LogP contribution in [0.3, 0.4) is 0 Å². The van der Waals surface area contributed by atoms with Crippen LogP contribution in [0.2, 0.25) is 0 Å². The van der Waals surface area contributed by atoms with Crippen LogP contribution < -0.4 is 4.90 Å². The van der Waals surface area contributed by atoms with Crippen molar-refractivity contribution in [3.63, 3.8) is 0 Å². The Morgan fingerprint density at radius 1 is 0.853 bits per heavy atom. The van der Waals surface area contributed by atoms with Gasteiger partial charge in [-0.3, -0.25) is 4.79 Å². The third-order valence-electron chi connectivity index (χ3n) is 7.02. The molecule has 3 aromatic rings. The molecule has 3 aromatic carbocycles. The molecule has 174 valence electrons. The molecule has 34 heavy (non-hydrogen) atoms. The molecule has 0 aromatic heterocycles. The number of hydrogen-bond acceptors (Lipinski definition) is 3. The lowest BCUT2D eigenvalue weighted by Gasteiger charge is -2.28. The van der Waals surface area contributed by atoms with Gasteiger partial charge in [-0.2, -0.15) is 0 Å². The molecule has 0 radical (unpaired) electrons. The van der Waals surface area contributed by atoms with Crippen molar-refractivity contribution in [2.75, 3.05) is 44.2 Å². The first kappa shape index (κ1) is 22.4. The van der Waals surface area contributed by atoms with Crippen LogP contribution in [-0.2, 0) is 0 Å². The Hall–Kier alpha value is -3.37. The Morgan fingerprint density at radius 2 is 1.62 bits per heavy atom. The fourth-order valence-electron chi connectivity index (χ4n) is 5.10. The highest BCUT2D eigenvalue weighted by Gasteiger charge is 2.22. The number of anilines is 2. The first-order valence-corrected chi connectivity index (χ1v) is 12.4. The molecule has 0 bridgehead atoms. The highest BCUT2D eigenvalue weighted by atomic mass is 16.2. The van der Waals surface area contributed by atoms with Crippen LogP contribution >= 0.6 is 0 Å². The third kappa shape index (κ3) is 4.92. The van der Waals surface area contributed by atoms with E-state index in [0.717, 1.165) is 56.9 Å². The summed E-state index contributed by atoms with van der Waals surface area (Å²) >= 11 is 0. The number of para-hydroxylation sites is 1. The largest absolute Gasteiger partial charge is 0.337 e. The number of carbonyl (C=O) groups is 1. The van der Waals surface area contributed by atoms with Gasteiger partial charge in [0, 0.05) is 49.7 Å². The van der Waals surface area contributed by atoms with Gasteiger partial charge in [-0.05, 0) is 60.3 Å². The summed E-state index contributed by atoms with van der Waals surface area (Å²) in [4.78, 5) is 20.1. The molecule has 1 unspecified atom stereocenters. The third-order valence-corrected chi connectivity index (χ3v) is 7.02. The van der Waals surface area contributed by atoms with Crippen LogP contribution in [0.15, 0.2) is 84.9 Å². The summed E-state index contributed by atoms with van der Waals surface area (Å²) in [5.74, 6) is 0.634. The van der Waals surface area contributed by atoms with Crippen molar-refractivity contribution < 1.29 is 4.79 Å². The topological polar surface area (TPSA) is 26.8 Å². The standard InChI is InChI=1S/C30H33N3O/c1-24(25-9-3-2-4-10-25)23-31-18-8-19-32(22-21-31)30(34)27-14-16-28(17-15-27)33-20-7-12-26-11-5-6-13-29(26)33/h2-7,9-17,24H,8,18-23H2,1H3. The van der Waals surface area contributed by atoms with E-state index in [1.165, 1.54) is 16.8 Å². The Balaban J connectivity index is 1.21. The lowest BCUT2D eigenvalue weighted by molar-refractivity contribution is 0.0761. The number of carbonyl (C=O) groups excluding carboxylic acids is 1. The zero-order valence-electron chi connectivity index (χ0n) is 19.9. The second kappa shape index (κ2) is 10.3. The molecular weight excluding hydrogens is 418 g/mol. The van der Waals surface area contributed by atoms with E-state index < -0.39 is 0 Å². The summed E-state index contributed by atoms with van der Waals surface area (Å²) in [5, 5.41) is 0. The highest BCUT2D eigenvalue weighted by molar-refractivity contribution is 5.94. The Labute approximate surface area is 203 Å². The van der Waals surface area contributed by atoms with Gasteiger partial charge in [0.15, 0.2) is 0 Å². The van der Waals surface area contributed by atoms with Gasteiger partial charge < -0.3 is 14.7 Å². The van der Waals surface area contributed by atoms with Gasteiger partial charge in [-0.1, -0.05) is 67.6 Å². The molecule has 2 aliphatic heterocycles. The Kier molecular flexibility index (Phi) is 6.77. The SMILES string of the molecule is CC(CN1CCCN(C(=O)c2ccc(N3CC=Cc4ccccc43)cc2)CC1)c1ccccc1. The molecular formula is C30H33N3O. The van der Waals surface area contributed by atoms with Gasteiger partial charge in [-0.25, -0.2) is 0 Å². The average Bonchev–Trinajstić information content (AvgIpc) is 3.14. The predicted molar refractivity (Wildman–Crippen MR) is 141 cm³/mol. The molecule has 2 heterocycles. The van der Waals surface area contributed by atoms with E-state index in [0.29, 0.717) is 5.92 Å². The number of fused-ring (bicyclic) bond motifs is 1. The number of amides is 1. The van der Waals surface area contributed by atoms with Gasteiger partial charge in [0.25, 0.3) is 5.91 Å². The summed E-state index contributed by atoms with van der Waals surface area (Å²) in [5.41, 5.74) is 5.71. The maximum Gasteiger partial charge on any atom is 0.253 e. The zero-order chi connectivity index (χ0) is 23.3. The van der Waals surface area contributed by atoms with Crippen LogP contribution in [0.5, 0.6) is 0 Å². The molecule has 1 fully saturated rings. The minimum absolute atomic E-state index is 0.142. The minimum Gasteiger partial charge on any atom is -0.337 e. The molecule has 1 saturated heterocycles. The smallest absolute Gasteiger partial charge is 0.253 e. The van der Waals surface area contributed by atoms with Crippen LogP contribution in [0.25, 0.3) is 6.08 Å². The second-order valence-corrected chi connectivity index (χ2v) is 9.38. The van der Waals surface area contributed by atoms with E-state index in [2.05, 4.69) is 95.6 Å². The molecule has 2 aliphatic rings.